The molecule has 21 heavy (non-hydrogen) atoms. The quantitative estimate of drug-likeness (QED) is 0.930. The van der Waals surface area contributed by atoms with Gasteiger partial charge in [-0.15, -0.1) is 0 Å². The zero-order chi connectivity index (χ0) is 15.6. The molecule has 2 rings (SSSR count). The molecule has 0 heterocycles. The summed E-state index contributed by atoms with van der Waals surface area (Å²) in [6, 6.07) is 10.2. The van der Waals surface area contributed by atoms with Gasteiger partial charge < -0.3 is 10.0 Å². The van der Waals surface area contributed by atoms with Crippen LogP contribution in [0.5, 0.6) is 5.75 Å². The SMILES string of the molecule is CC(c1ccccc1Cl)N(C)C(=O)c1cc(F)ccc1O. The molecule has 2 aromatic rings. The minimum Gasteiger partial charge on any atom is -0.507 e. The largest absolute Gasteiger partial charge is 0.507 e. The predicted octanol–water partition coefficient (Wildman–Crippen LogP) is 4.02. The zero-order valence-electron chi connectivity index (χ0n) is 11.7. The van der Waals surface area contributed by atoms with Gasteiger partial charge in [0.15, 0.2) is 0 Å². The molecular weight excluding hydrogens is 293 g/mol. The monoisotopic (exact) mass is 307 g/mol. The highest BCUT2D eigenvalue weighted by Gasteiger charge is 2.23. The molecular formula is C16H15ClFNO2. The van der Waals surface area contributed by atoms with E-state index in [9.17, 15) is 14.3 Å². The van der Waals surface area contributed by atoms with Crippen LogP contribution in [-0.2, 0) is 0 Å². The second-order valence-corrected chi connectivity index (χ2v) is 5.18. The molecule has 0 radical (unpaired) electrons. The van der Waals surface area contributed by atoms with Gasteiger partial charge in [-0.2, -0.15) is 0 Å². The van der Waals surface area contributed by atoms with Gasteiger partial charge in [0.05, 0.1) is 11.6 Å². The molecule has 0 aliphatic carbocycles. The van der Waals surface area contributed by atoms with E-state index >= 15 is 0 Å². The lowest BCUT2D eigenvalue weighted by Crippen LogP contribution is -2.30. The van der Waals surface area contributed by atoms with E-state index in [1.807, 2.05) is 19.1 Å². The van der Waals surface area contributed by atoms with Gasteiger partial charge in [-0.1, -0.05) is 29.8 Å². The van der Waals surface area contributed by atoms with Crippen molar-refractivity contribution < 1.29 is 14.3 Å². The topological polar surface area (TPSA) is 40.5 Å². The number of hydrogen-bond acceptors (Lipinski definition) is 2. The first-order chi connectivity index (χ1) is 9.91. The van der Waals surface area contributed by atoms with Crippen LogP contribution in [0.2, 0.25) is 5.02 Å². The number of carbonyl (C=O) groups is 1. The summed E-state index contributed by atoms with van der Waals surface area (Å²) in [5.41, 5.74) is 0.710. The van der Waals surface area contributed by atoms with Crippen molar-refractivity contribution in [1.82, 2.24) is 4.90 Å². The summed E-state index contributed by atoms with van der Waals surface area (Å²) in [4.78, 5) is 13.8. The van der Waals surface area contributed by atoms with E-state index in [1.165, 1.54) is 4.90 Å². The predicted molar refractivity (Wildman–Crippen MR) is 80.0 cm³/mol. The lowest BCUT2D eigenvalue weighted by atomic mass is 10.1. The average molecular weight is 308 g/mol. The molecule has 0 spiro atoms. The van der Waals surface area contributed by atoms with Crippen LogP contribution in [0.3, 0.4) is 0 Å². The van der Waals surface area contributed by atoms with Crippen LogP contribution in [-0.4, -0.2) is 23.0 Å². The smallest absolute Gasteiger partial charge is 0.257 e. The molecule has 0 aromatic heterocycles. The fourth-order valence-corrected chi connectivity index (χ4v) is 2.36. The second-order valence-electron chi connectivity index (χ2n) is 4.78. The molecule has 0 aliphatic heterocycles. The molecule has 0 saturated heterocycles. The molecule has 0 fully saturated rings. The van der Waals surface area contributed by atoms with Crippen LogP contribution in [0.15, 0.2) is 42.5 Å². The van der Waals surface area contributed by atoms with Crippen LogP contribution >= 0.6 is 11.6 Å². The Morgan fingerprint density at radius 1 is 1.29 bits per heavy atom. The van der Waals surface area contributed by atoms with E-state index in [-0.39, 0.29) is 17.4 Å². The number of halogens is 2. The molecule has 5 heteroatoms. The van der Waals surface area contributed by atoms with Crippen molar-refractivity contribution in [2.24, 2.45) is 0 Å². The normalized spacial score (nSPS) is 12.0. The van der Waals surface area contributed by atoms with Gasteiger partial charge in [-0.25, -0.2) is 4.39 Å². The number of carbonyl (C=O) groups excluding carboxylic acids is 1. The van der Waals surface area contributed by atoms with E-state index in [1.54, 1.807) is 19.2 Å². The molecule has 1 amide bonds. The number of nitrogens with zero attached hydrogens (tertiary/aromatic N) is 1. The Balaban J connectivity index is 2.31. The molecule has 3 nitrogen and oxygen atoms in total. The number of rotatable bonds is 3. The number of phenols is 1. The third-order valence-electron chi connectivity index (χ3n) is 3.45. The van der Waals surface area contributed by atoms with Crippen LogP contribution in [0, 0.1) is 5.82 Å². The maximum Gasteiger partial charge on any atom is 0.257 e. The first kappa shape index (κ1) is 15.3. The van der Waals surface area contributed by atoms with Gasteiger partial charge in [0.25, 0.3) is 5.91 Å². The van der Waals surface area contributed by atoms with Gasteiger partial charge >= 0.3 is 0 Å². The standard InChI is InChI=1S/C16H15ClFNO2/c1-10(12-5-3-4-6-14(12)17)19(2)16(21)13-9-11(18)7-8-15(13)20/h3-10,20H,1-2H3. The van der Waals surface area contributed by atoms with Crippen molar-refractivity contribution in [3.05, 3.63) is 64.4 Å². The van der Waals surface area contributed by atoms with Crippen LogP contribution in [0.25, 0.3) is 0 Å². The fraction of sp³-hybridized carbons (Fsp3) is 0.188. The summed E-state index contributed by atoms with van der Waals surface area (Å²) in [5.74, 6) is -1.30. The second kappa shape index (κ2) is 6.14. The number of amides is 1. The van der Waals surface area contributed by atoms with E-state index in [0.29, 0.717) is 5.02 Å². The summed E-state index contributed by atoms with van der Waals surface area (Å²) in [7, 11) is 1.58. The highest BCUT2D eigenvalue weighted by atomic mass is 35.5. The first-order valence-corrected chi connectivity index (χ1v) is 6.79. The maximum atomic E-state index is 13.3. The van der Waals surface area contributed by atoms with Gasteiger partial charge in [-0.3, -0.25) is 4.79 Å². The number of aromatic hydroxyl groups is 1. The van der Waals surface area contributed by atoms with Crippen molar-refractivity contribution in [2.45, 2.75) is 13.0 Å². The van der Waals surface area contributed by atoms with E-state index in [0.717, 1.165) is 23.8 Å². The molecule has 1 N–H and O–H groups in total. The summed E-state index contributed by atoms with van der Waals surface area (Å²) in [6.07, 6.45) is 0. The number of phenolic OH excluding ortho intramolecular Hbond substituents is 1. The number of hydrogen-bond donors (Lipinski definition) is 1. The minimum absolute atomic E-state index is 0.0728. The Hall–Kier alpha value is -2.07. The molecule has 0 aliphatic rings. The summed E-state index contributed by atoms with van der Waals surface area (Å²) >= 11 is 6.12. The zero-order valence-corrected chi connectivity index (χ0v) is 12.4. The van der Waals surface area contributed by atoms with E-state index < -0.39 is 11.7 Å². The van der Waals surface area contributed by atoms with Crippen molar-refractivity contribution >= 4 is 17.5 Å². The van der Waals surface area contributed by atoms with Gasteiger partial charge in [-0.05, 0) is 36.8 Å². The lowest BCUT2D eigenvalue weighted by Gasteiger charge is -2.26. The maximum absolute atomic E-state index is 13.3. The fourth-order valence-electron chi connectivity index (χ4n) is 2.07. The summed E-state index contributed by atoms with van der Waals surface area (Å²) in [5, 5.41) is 10.3. The molecule has 2 aromatic carbocycles. The molecule has 110 valence electrons. The van der Waals surface area contributed by atoms with Crippen LogP contribution in [0.4, 0.5) is 4.39 Å². The summed E-state index contributed by atoms with van der Waals surface area (Å²) in [6.45, 7) is 1.81. The van der Waals surface area contributed by atoms with Gasteiger partial charge in [0.1, 0.15) is 11.6 Å². The Labute approximate surface area is 127 Å². The Kier molecular flexibility index (Phi) is 4.48. The van der Waals surface area contributed by atoms with Crippen LogP contribution < -0.4 is 0 Å². The lowest BCUT2D eigenvalue weighted by molar-refractivity contribution is 0.0739. The highest BCUT2D eigenvalue weighted by Crippen LogP contribution is 2.28. The third kappa shape index (κ3) is 3.16. The van der Waals surface area contributed by atoms with Crippen molar-refractivity contribution in [1.29, 1.82) is 0 Å². The van der Waals surface area contributed by atoms with Crippen molar-refractivity contribution in [3.63, 3.8) is 0 Å². The summed E-state index contributed by atoms with van der Waals surface area (Å²) < 4.78 is 13.3. The molecule has 1 atom stereocenters. The van der Waals surface area contributed by atoms with Gasteiger partial charge in [0, 0.05) is 12.1 Å². The minimum atomic E-state index is -0.574. The molecule has 0 saturated carbocycles. The Morgan fingerprint density at radius 3 is 2.62 bits per heavy atom. The molecule has 0 bridgehead atoms. The molecule has 1 unspecified atom stereocenters. The van der Waals surface area contributed by atoms with E-state index in [4.69, 9.17) is 11.6 Å². The Bertz CT molecular complexity index is 675. The van der Waals surface area contributed by atoms with Crippen LogP contribution in [0.1, 0.15) is 28.9 Å². The number of benzene rings is 2. The first-order valence-electron chi connectivity index (χ1n) is 6.42. The van der Waals surface area contributed by atoms with E-state index in [2.05, 4.69) is 0 Å². The van der Waals surface area contributed by atoms with Crippen molar-refractivity contribution in [3.8, 4) is 5.75 Å². The Morgan fingerprint density at radius 2 is 1.95 bits per heavy atom. The van der Waals surface area contributed by atoms with Gasteiger partial charge in [0.2, 0.25) is 0 Å². The third-order valence-corrected chi connectivity index (χ3v) is 3.79. The van der Waals surface area contributed by atoms with Crippen molar-refractivity contribution in [2.75, 3.05) is 7.05 Å². The highest BCUT2D eigenvalue weighted by molar-refractivity contribution is 6.31. The average Bonchev–Trinajstić information content (AvgIpc) is 2.48.